The first-order valence-corrected chi connectivity index (χ1v) is 13.5. The van der Waals surface area contributed by atoms with Crippen molar-refractivity contribution in [1.82, 2.24) is 20.0 Å². The number of rotatable bonds is 9. The fraction of sp³-hybridized carbons (Fsp3) is 0.464. The zero-order chi connectivity index (χ0) is 24.8. The second-order valence-electron chi connectivity index (χ2n) is 9.61. The number of hydrogen-bond donors (Lipinski definition) is 1. The van der Waals surface area contributed by atoms with Gasteiger partial charge in [-0.05, 0) is 55.7 Å². The molecule has 6 nitrogen and oxygen atoms in total. The Bertz CT molecular complexity index is 1130. The lowest BCUT2D eigenvalue weighted by Crippen LogP contribution is -2.48. The number of nitrogens with zero attached hydrogens (tertiary/aromatic N) is 3. The van der Waals surface area contributed by atoms with Gasteiger partial charge in [0.25, 0.3) is 0 Å². The summed E-state index contributed by atoms with van der Waals surface area (Å²) in [7, 11) is 1.86. The summed E-state index contributed by atoms with van der Waals surface area (Å²) in [6.45, 7) is 4.47. The largest absolute Gasteiger partial charge is 0.351 e. The Morgan fingerprint density at radius 1 is 1.14 bits per heavy atom. The number of aryl methyl sites for hydroxylation is 3. The normalized spacial score (nSPS) is 15.1. The topological polar surface area (TPSA) is 67.2 Å². The van der Waals surface area contributed by atoms with E-state index in [0.29, 0.717) is 13.0 Å². The molecule has 0 unspecified atom stereocenters. The summed E-state index contributed by atoms with van der Waals surface area (Å²) in [5.41, 5.74) is 3.96. The van der Waals surface area contributed by atoms with E-state index in [4.69, 9.17) is 0 Å². The number of carbonyl (C=O) groups is 2. The molecule has 2 amide bonds. The highest BCUT2D eigenvalue weighted by Crippen LogP contribution is 2.27. The van der Waals surface area contributed by atoms with Crippen LogP contribution >= 0.6 is 11.3 Å². The zero-order valence-corrected chi connectivity index (χ0v) is 21.8. The van der Waals surface area contributed by atoms with Crippen molar-refractivity contribution in [2.24, 2.45) is 7.05 Å². The van der Waals surface area contributed by atoms with Gasteiger partial charge in [0.05, 0.1) is 12.1 Å². The highest BCUT2D eigenvalue weighted by Gasteiger charge is 2.35. The summed E-state index contributed by atoms with van der Waals surface area (Å²) in [4.78, 5) is 30.4. The maximum absolute atomic E-state index is 13.9. The fourth-order valence-electron chi connectivity index (χ4n) is 5.06. The van der Waals surface area contributed by atoms with E-state index in [1.54, 1.807) is 20.9 Å². The van der Waals surface area contributed by atoms with Crippen LogP contribution in [0, 0.1) is 13.8 Å². The number of amides is 2. The van der Waals surface area contributed by atoms with E-state index in [0.717, 1.165) is 41.8 Å². The number of benzene rings is 1. The third-order valence-corrected chi connectivity index (χ3v) is 7.84. The van der Waals surface area contributed by atoms with Gasteiger partial charge >= 0.3 is 0 Å². The van der Waals surface area contributed by atoms with E-state index in [1.807, 2.05) is 49.8 Å². The molecule has 0 radical (unpaired) electrons. The van der Waals surface area contributed by atoms with E-state index < -0.39 is 6.04 Å². The van der Waals surface area contributed by atoms with Crippen LogP contribution in [-0.2, 0) is 29.5 Å². The van der Waals surface area contributed by atoms with Crippen LogP contribution in [0.3, 0.4) is 0 Å². The van der Waals surface area contributed by atoms with Crippen LogP contribution in [0.5, 0.6) is 0 Å². The molecule has 0 aliphatic heterocycles. The Balaban J connectivity index is 1.66. The standard InChI is InChI=1S/C28H36N4O2S/c1-20-10-7-8-11-22(20)15-16-32(26(33)18-24-14-9-17-35-24)27(25-19-31(3)30-21(25)2)28(34)29-23-12-5-4-6-13-23/h7-11,14,17,19,23,27H,4-6,12-13,15-16,18H2,1-3H3,(H,29,34)/t27-/m1/s1. The summed E-state index contributed by atoms with van der Waals surface area (Å²) in [5.74, 6) is -0.134. The van der Waals surface area contributed by atoms with Crippen molar-refractivity contribution in [2.75, 3.05) is 6.54 Å². The number of nitrogens with one attached hydrogen (secondary N) is 1. The molecule has 2 heterocycles. The van der Waals surface area contributed by atoms with Gasteiger partial charge in [-0.3, -0.25) is 14.3 Å². The quantitative estimate of drug-likeness (QED) is 0.462. The molecule has 35 heavy (non-hydrogen) atoms. The van der Waals surface area contributed by atoms with Gasteiger partial charge in [0.2, 0.25) is 11.8 Å². The summed E-state index contributed by atoms with van der Waals surface area (Å²) in [5, 5.41) is 9.79. The molecule has 1 aliphatic carbocycles. The molecular formula is C28H36N4O2S. The van der Waals surface area contributed by atoms with Crippen LogP contribution in [0.2, 0.25) is 0 Å². The molecule has 1 saturated carbocycles. The Morgan fingerprint density at radius 2 is 1.91 bits per heavy atom. The van der Waals surface area contributed by atoms with Crippen LogP contribution in [0.1, 0.15) is 65.4 Å². The summed E-state index contributed by atoms with van der Waals surface area (Å²) in [6, 6.07) is 11.6. The van der Waals surface area contributed by atoms with E-state index in [-0.39, 0.29) is 24.3 Å². The average Bonchev–Trinajstić information content (AvgIpc) is 3.46. The van der Waals surface area contributed by atoms with Crippen LogP contribution in [0.4, 0.5) is 0 Å². The second kappa shape index (κ2) is 11.7. The van der Waals surface area contributed by atoms with Crippen LogP contribution in [0.15, 0.2) is 48.0 Å². The number of carbonyl (C=O) groups excluding carboxylic acids is 2. The lowest BCUT2D eigenvalue weighted by atomic mass is 9.94. The van der Waals surface area contributed by atoms with Crippen LogP contribution in [-0.4, -0.2) is 39.1 Å². The first-order chi connectivity index (χ1) is 16.9. The summed E-state index contributed by atoms with van der Waals surface area (Å²) < 4.78 is 1.73. The van der Waals surface area contributed by atoms with E-state index in [2.05, 4.69) is 29.5 Å². The van der Waals surface area contributed by atoms with Crippen molar-refractivity contribution in [1.29, 1.82) is 0 Å². The predicted octanol–water partition coefficient (Wildman–Crippen LogP) is 4.90. The molecule has 7 heteroatoms. The molecule has 1 aliphatic rings. The van der Waals surface area contributed by atoms with Crippen molar-refractivity contribution >= 4 is 23.2 Å². The van der Waals surface area contributed by atoms with Crippen molar-refractivity contribution in [3.8, 4) is 0 Å². The number of aromatic nitrogens is 2. The zero-order valence-electron chi connectivity index (χ0n) is 21.0. The monoisotopic (exact) mass is 492 g/mol. The molecule has 1 fully saturated rings. The molecular weight excluding hydrogens is 456 g/mol. The highest BCUT2D eigenvalue weighted by atomic mass is 32.1. The Kier molecular flexibility index (Phi) is 8.39. The van der Waals surface area contributed by atoms with Gasteiger partial charge in [-0.1, -0.05) is 49.6 Å². The first kappa shape index (κ1) is 25.2. The van der Waals surface area contributed by atoms with Gasteiger partial charge in [-0.2, -0.15) is 5.10 Å². The van der Waals surface area contributed by atoms with E-state index in [1.165, 1.54) is 17.5 Å². The first-order valence-electron chi connectivity index (χ1n) is 12.6. The van der Waals surface area contributed by atoms with Gasteiger partial charge in [-0.25, -0.2) is 0 Å². The molecule has 0 saturated heterocycles. The number of thiophene rings is 1. The highest BCUT2D eigenvalue weighted by molar-refractivity contribution is 7.10. The van der Waals surface area contributed by atoms with Crippen molar-refractivity contribution in [3.05, 3.63) is 75.2 Å². The lowest BCUT2D eigenvalue weighted by Gasteiger charge is -2.33. The smallest absolute Gasteiger partial charge is 0.247 e. The molecule has 1 N–H and O–H groups in total. The Morgan fingerprint density at radius 3 is 2.57 bits per heavy atom. The van der Waals surface area contributed by atoms with Crippen LogP contribution < -0.4 is 5.32 Å². The van der Waals surface area contributed by atoms with E-state index in [9.17, 15) is 9.59 Å². The van der Waals surface area contributed by atoms with Crippen LogP contribution in [0.25, 0.3) is 0 Å². The maximum atomic E-state index is 13.9. The lowest BCUT2D eigenvalue weighted by molar-refractivity contribution is -0.140. The van der Waals surface area contributed by atoms with Gasteiger partial charge in [0.15, 0.2) is 0 Å². The third-order valence-electron chi connectivity index (χ3n) is 6.97. The minimum atomic E-state index is -0.706. The molecule has 3 aromatic rings. The molecule has 0 spiro atoms. The van der Waals surface area contributed by atoms with Crippen molar-refractivity contribution < 1.29 is 9.59 Å². The summed E-state index contributed by atoms with van der Waals surface area (Å²) in [6.07, 6.45) is 8.35. The molecule has 1 aromatic carbocycles. The maximum Gasteiger partial charge on any atom is 0.247 e. The van der Waals surface area contributed by atoms with Crippen molar-refractivity contribution in [3.63, 3.8) is 0 Å². The third kappa shape index (κ3) is 6.40. The fourth-order valence-corrected chi connectivity index (χ4v) is 5.75. The van der Waals surface area contributed by atoms with Gasteiger partial charge < -0.3 is 10.2 Å². The molecule has 4 rings (SSSR count). The minimum Gasteiger partial charge on any atom is -0.351 e. The van der Waals surface area contributed by atoms with Gasteiger partial charge in [0.1, 0.15) is 6.04 Å². The molecule has 186 valence electrons. The second-order valence-corrected chi connectivity index (χ2v) is 10.6. The SMILES string of the molecule is Cc1ccccc1CCN(C(=O)Cc1cccs1)[C@@H](C(=O)NC1CCCCC1)c1cn(C)nc1C. The molecule has 0 bridgehead atoms. The molecule has 1 atom stereocenters. The summed E-state index contributed by atoms with van der Waals surface area (Å²) >= 11 is 1.57. The van der Waals surface area contributed by atoms with Gasteiger partial charge in [0, 0.05) is 36.3 Å². The van der Waals surface area contributed by atoms with E-state index >= 15 is 0 Å². The average molecular weight is 493 g/mol. The minimum absolute atomic E-state index is 0.0342. The predicted molar refractivity (Wildman–Crippen MR) is 140 cm³/mol. The van der Waals surface area contributed by atoms with Crippen molar-refractivity contribution in [2.45, 2.75) is 70.9 Å². The Labute approximate surface area is 212 Å². The number of hydrogen-bond acceptors (Lipinski definition) is 4. The Hall–Kier alpha value is -2.93. The molecule has 2 aromatic heterocycles. The van der Waals surface area contributed by atoms with Gasteiger partial charge in [-0.15, -0.1) is 11.3 Å².